The van der Waals surface area contributed by atoms with Crippen LogP contribution >= 0.6 is 0 Å². The van der Waals surface area contributed by atoms with Gasteiger partial charge in [-0.3, -0.25) is 19.4 Å². The summed E-state index contributed by atoms with van der Waals surface area (Å²) in [6, 6.07) is 0. The quantitative estimate of drug-likeness (QED) is 0.823. The second kappa shape index (κ2) is 4.48. The Bertz CT molecular complexity index is 599. The molecule has 1 aromatic rings. The highest BCUT2D eigenvalue weighted by Gasteiger charge is 2.52. The van der Waals surface area contributed by atoms with E-state index in [1.165, 1.54) is 4.68 Å². The standard InChI is InChI=1S/C14H21N3O3/c1-14(2)7-10(14)13(20)16-4-3-9-11(8-16)15-17(5-6-18)12(9)19/h10,15,18H,3-8H2,1-2H3. The zero-order chi connectivity index (χ0) is 14.5. The lowest BCUT2D eigenvalue weighted by molar-refractivity contribution is -0.134. The third-order valence-corrected chi connectivity index (χ3v) is 4.56. The van der Waals surface area contributed by atoms with Gasteiger partial charge in [0.2, 0.25) is 5.91 Å². The Hall–Kier alpha value is -1.56. The molecule has 20 heavy (non-hydrogen) atoms. The minimum absolute atomic E-state index is 0.0621. The summed E-state index contributed by atoms with van der Waals surface area (Å²) in [4.78, 5) is 26.3. The Balaban J connectivity index is 1.77. The molecule has 1 amide bonds. The number of fused-ring (bicyclic) bond motifs is 1. The third kappa shape index (κ3) is 2.08. The molecule has 2 N–H and O–H groups in total. The molecule has 2 aliphatic rings. The summed E-state index contributed by atoms with van der Waals surface area (Å²) in [7, 11) is 0. The van der Waals surface area contributed by atoms with E-state index in [1.54, 1.807) is 0 Å². The van der Waals surface area contributed by atoms with Gasteiger partial charge in [-0.25, -0.2) is 0 Å². The molecule has 2 heterocycles. The van der Waals surface area contributed by atoms with E-state index in [0.717, 1.165) is 17.7 Å². The van der Waals surface area contributed by atoms with Gasteiger partial charge in [-0.15, -0.1) is 0 Å². The second-order valence-electron chi connectivity index (χ2n) is 6.50. The average Bonchev–Trinajstić information content (AvgIpc) is 2.94. The van der Waals surface area contributed by atoms with Crippen molar-refractivity contribution in [2.24, 2.45) is 11.3 Å². The first-order valence-electron chi connectivity index (χ1n) is 7.14. The van der Waals surface area contributed by atoms with Crippen LogP contribution in [0.2, 0.25) is 0 Å². The molecule has 110 valence electrons. The van der Waals surface area contributed by atoms with Crippen LogP contribution in [0, 0.1) is 11.3 Å². The van der Waals surface area contributed by atoms with Crippen LogP contribution in [0.25, 0.3) is 0 Å². The molecule has 1 aromatic heterocycles. The number of nitrogens with zero attached hydrogens (tertiary/aromatic N) is 2. The van der Waals surface area contributed by atoms with E-state index < -0.39 is 0 Å². The lowest BCUT2D eigenvalue weighted by Gasteiger charge is -2.26. The van der Waals surface area contributed by atoms with Crippen LogP contribution in [-0.4, -0.2) is 38.8 Å². The van der Waals surface area contributed by atoms with Crippen LogP contribution in [0.4, 0.5) is 0 Å². The Morgan fingerprint density at radius 2 is 2.20 bits per heavy atom. The van der Waals surface area contributed by atoms with E-state index in [0.29, 0.717) is 19.5 Å². The Labute approximate surface area is 117 Å². The lowest BCUT2D eigenvalue weighted by atomic mass is 10.1. The highest BCUT2D eigenvalue weighted by Crippen LogP contribution is 2.52. The number of nitrogens with one attached hydrogen (secondary N) is 1. The minimum atomic E-state index is -0.0712. The number of carbonyl (C=O) groups is 1. The van der Waals surface area contributed by atoms with Gasteiger partial charge in [0, 0.05) is 18.0 Å². The third-order valence-electron chi connectivity index (χ3n) is 4.56. The Morgan fingerprint density at radius 3 is 2.80 bits per heavy atom. The Kier molecular flexibility index (Phi) is 3.01. The van der Waals surface area contributed by atoms with Crippen molar-refractivity contribution in [3.63, 3.8) is 0 Å². The molecule has 6 heteroatoms. The highest BCUT2D eigenvalue weighted by molar-refractivity contribution is 5.82. The first kappa shape index (κ1) is 13.4. The van der Waals surface area contributed by atoms with Gasteiger partial charge in [-0.2, -0.15) is 0 Å². The van der Waals surface area contributed by atoms with E-state index in [2.05, 4.69) is 18.9 Å². The largest absolute Gasteiger partial charge is 0.394 e. The monoisotopic (exact) mass is 279 g/mol. The van der Waals surface area contributed by atoms with Crippen LogP contribution in [0.5, 0.6) is 0 Å². The SMILES string of the molecule is CC1(C)CC1C(=O)N1CCc2c([nH]n(CCO)c2=O)C1. The Morgan fingerprint density at radius 1 is 1.50 bits per heavy atom. The van der Waals surface area contributed by atoms with Crippen LogP contribution in [0.1, 0.15) is 31.5 Å². The van der Waals surface area contributed by atoms with Gasteiger partial charge in [0.05, 0.1) is 25.4 Å². The van der Waals surface area contributed by atoms with Gasteiger partial charge in [0.1, 0.15) is 0 Å². The molecular formula is C14H21N3O3. The smallest absolute Gasteiger partial charge is 0.270 e. The molecule has 0 radical (unpaired) electrons. The molecule has 1 fully saturated rings. The number of rotatable bonds is 3. The molecule has 1 atom stereocenters. The van der Waals surface area contributed by atoms with Crippen molar-refractivity contribution in [1.82, 2.24) is 14.7 Å². The summed E-state index contributed by atoms with van der Waals surface area (Å²) < 4.78 is 1.43. The lowest BCUT2D eigenvalue weighted by Crippen LogP contribution is -2.38. The zero-order valence-corrected chi connectivity index (χ0v) is 12.0. The predicted octanol–water partition coefficient (Wildman–Crippen LogP) is 0.0995. The van der Waals surface area contributed by atoms with Crippen molar-refractivity contribution in [2.45, 2.75) is 39.8 Å². The first-order chi connectivity index (χ1) is 9.44. The van der Waals surface area contributed by atoms with Crippen molar-refractivity contribution >= 4 is 5.91 Å². The van der Waals surface area contributed by atoms with E-state index in [-0.39, 0.29) is 36.0 Å². The molecule has 3 rings (SSSR count). The molecule has 1 unspecified atom stereocenters. The fourth-order valence-electron chi connectivity index (χ4n) is 3.03. The maximum absolute atomic E-state index is 12.4. The predicted molar refractivity (Wildman–Crippen MR) is 73.1 cm³/mol. The molecule has 0 spiro atoms. The van der Waals surface area contributed by atoms with Crippen molar-refractivity contribution in [1.29, 1.82) is 0 Å². The van der Waals surface area contributed by atoms with Crippen LogP contribution in [0.3, 0.4) is 0 Å². The van der Waals surface area contributed by atoms with Gasteiger partial charge >= 0.3 is 0 Å². The second-order valence-corrected chi connectivity index (χ2v) is 6.50. The van der Waals surface area contributed by atoms with Gasteiger partial charge in [-0.05, 0) is 18.3 Å². The molecule has 0 saturated heterocycles. The van der Waals surface area contributed by atoms with Crippen molar-refractivity contribution in [2.75, 3.05) is 13.2 Å². The van der Waals surface area contributed by atoms with Crippen molar-refractivity contribution in [3.8, 4) is 0 Å². The fraction of sp³-hybridized carbons (Fsp3) is 0.714. The van der Waals surface area contributed by atoms with E-state index in [4.69, 9.17) is 5.11 Å². The maximum Gasteiger partial charge on any atom is 0.270 e. The average molecular weight is 279 g/mol. The maximum atomic E-state index is 12.4. The number of aliphatic hydroxyl groups is 1. The van der Waals surface area contributed by atoms with Gasteiger partial charge in [0.15, 0.2) is 0 Å². The van der Waals surface area contributed by atoms with E-state index in [1.807, 2.05) is 4.90 Å². The molecule has 0 bridgehead atoms. The van der Waals surface area contributed by atoms with Gasteiger partial charge < -0.3 is 10.0 Å². The topological polar surface area (TPSA) is 78.3 Å². The normalized spacial score (nSPS) is 23.6. The minimum Gasteiger partial charge on any atom is -0.394 e. The number of amides is 1. The zero-order valence-electron chi connectivity index (χ0n) is 12.0. The fourth-order valence-corrected chi connectivity index (χ4v) is 3.03. The van der Waals surface area contributed by atoms with Crippen molar-refractivity contribution < 1.29 is 9.90 Å². The van der Waals surface area contributed by atoms with Crippen LogP contribution in [-0.2, 0) is 24.3 Å². The summed E-state index contributed by atoms with van der Waals surface area (Å²) in [6.45, 7) is 5.53. The highest BCUT2D eigenvalue weighted by atomic mass is 16.3. The number of hydrogen-bond donors (Lipinski definition) is 2. The van der Waals surface area contributed by atoms with Crippen molar-refractivity contribution in [3.05, 3.63) is 21.6 Å². The summed E-state index contributed by atoms with van der Waals surface area (Å²) >= 11 is 0. The molecule has 0 aromatic carbocycles. The van der Waals surface area contributed by atoms with Gasteiger partial charge in [-0.1, -0.05) is 13.8 Å². The molecule has 1 aliphatic heterocycles. The molecular weight excluding hydrogens is 258 g/mol. The van der Waals surface area contributed by atoms with Crippen LogP contribution in [0.15, 0.2) is 4.79 Å². The number of carbonyl (C=O) groups excluding carboxylic acids is 1. The van der Waals surface area contributed by atoms with E-state index >= 15 is 0 Å². The summed E-state index contributed by atoms with van der Waals surface area (Å²) in [5.74, 6) is 0.340. The first-order valence-corrected chi connectivity index (χ1v) is 7.14. The molecule has 6 nitrogen and oxygen atoms in total. The summed E-state index contributed by atoms with van der Waals surface area (Å²) in [5, 5.41) is 12.0. The summed E-state index contributed by atoms with van der Waals surface area (Å²) in [6.07, 6.45) is 1.55. The number of aromatic amines is 1. The number of H-pyrrole nitrogens is 1. The van der Waals surface area contributed by atoms with Gasteiger partial charge in [0.25, 0.3) is 5.56 Å². The molecule has 1 saturated carbocycles. The summed E-state index contributed by atoms with van der Waals surface area (Å²) in [5.41, 5.74) is 1.65. The van der Waals surface area contributed by atoms with Crippen LogP contribution < -0.4 is 5.56 Å². The number of aromatic nitrogens is 2. The van der Waals surface area contributed by atoms with E-state index in [9.17, 15) is 9.59 Å². The number of hydrogen-bond acceptors (Lipinski definition) is 3. The molecule has 1 aliphatic carbocycles. The number of aliphatic hydroxyl groups excluding tert-OH is 1.